The van der Waals surface area contributed by atoms with Crippen LogP contribution in [-0.2, 0) is 10.3 Å². The van der Waals surface area contributed by atoms with Crippen LogP contribution in [0.5, 0.6) is 0 Å². The van der Waals surface area contributed by atoms with E-state index in [1.54, 1.807) is 4.68 Å². The molecule has 1 aliphatic rings. The second kappa shape index (κ2) is 7.95. The lowest BCUT2D eigenvalue weighted by molar-refractivity contribution is -0.113. The van der Waals surface area contributed by atoms with E-state index in [1.165, 1.54) is 24.6 Å². The molecule has 0 atom stereocenters. The number of carbonyl (C=O) groups excluding carboxylic acids is 1. The SMILES string of the molecule is Cc1c(C#N)c(NC(=O)CSc2nnnn2C(C)(C)C)n(C2CCCC2)c1C. The standard InChI is InChI=1S/C19H27N7OS/c1-12-13(2)25(14-8-6-7-9-14)17(15(12)10-20)21-16(27)11-28-18-22-23-24-26(18)19(3,4)5/h14H,6-9,11H2,1-5H3,(H,21,27). The van der Waals surface area contributed by atoms with Gasteiger partial charge >= 0.3 is 0 Å². The summed E-state index contributed by atoms with van der Waals surface area (Å²) in [5, 5.41) is 25.0. The predicted molar refractivity (Wildman–Crippen MR) is 108 cm³/mol. The molecule has 1 saturated carbocycles. The van der Waals surface area contributed by atoms with Crippen LogP contribution in [0.2, 0.25) is 0 Å². The molecule has 0 bridgehead atoms. The fourth-order valence-electron chi connectivity index (χ4n) is 3.69. The number of aromatic nitrogens is 5. The van der Waals surface area contributed by atoms with Crippen LogP contribution in [0.15, 0.2) is 5.16 Å². The fraction of sp³-hybridized carbons (Fsp3) is 0.632. The van der Waals surface area contributed by atoms with Crippen molar-refractivity contribution in [3.8, 4) is 6.07 Å². The van der Waals surface area contributed by atoms with Crippen LogP contribution in [0.3, 0.4) is 0 Å². The molecule has 2 heterocycles. The summed E-state index contributed by atoms with van der Waals surface area (Å²) in [7, 11) is 0. The zero-order valence-electron chi connectivity index (χ0n) is 17.1. The first-order chi connectivity index (χ1) is 13.2. The molecular weight excluding hydrogens is 374 g/mol. The second-order valence-electron chi connectivity index (χ2n) is 8.24. The molecule has 0 spiro atoms. The van der Waals surface area contributed by atoms with Gasteiger partial charge in [-0.3, -0.25) is 4.79 Å². The number of carbonyl (C=O) groups is 1. The number of nitrogens with zero attached hydrogens (tertiary/aromatic N) is 6. The van der Waals surface area contributed by atoms with Crippen LogP contribution in [0.25, 0.3) is 0 Å². The van der Waals surface area contributed by atoms with E-state index in [1.807, 2.05) is 34.6 Å². The molecule has 2 aromatic rings. The highest BCUT2D eigenvalue weighted by Crippen LogP contribution is 2.37. The Morgan fingerprint density at radius 1 is 1.32 bits per heavy atom. The molecule has 8 nitrogen and oxygen atoms in total. The number of anilines is 1. The molecule has 0 aromatic carbocycles. The maximum absolute atomic E-state index is 12.7. The van der Waals surface area contributed by atoms with Gasteiger partial charge in [-0.2, -0.15) is 5.26 Å². The van der Waals surface area contributed by atoms with Gasteiger partial charge in [-0.05, 0) is 63.5 Å². The number of nitrogens with one attached hydrogen (secondary N) is 1. The molecule has 3 rings (SSSR count). The van der Waals surface area contributed by atoms with Gasteiger partial charge in [0.2, 0.25) is 11.1 Å². The van der Waals surface area contributed by atoms with Gasteiger partial charge in [-0.15, -0.1) is 5.10 Å². The number of rotatable bonds is 5. The molecule has 28 heavy (non-hydrogen) atoms. The van der Waals surface area contributed by atoms with Crippen molar-refractivity contribution in [2.45, 2.75) is 77.0 Å². The predicted octanol–water partition coefficient (Wildman–Crippen LogP) is 3.56. The quantitative estimate of drug-likeness (QED) is 0.769. The topological polar surface area (TPSA) is 101 Å². The fourth-order valence-corrected chi connectivity index (χ4v) is 4.55. The Labute approximate surface area is 169 Å². The van der Waals surface area contributed by atoms with Crippen LogP contribution >= 0.6 is 11.8 Å². The van der Waals surface area contributed by atoms with Gasteiger partial charge in [-0.1, -0.05) is 24.6 Å². The zero-order valence-corrected chi connectivity index (χ0v) is 17.9. The van der Waals surface area contributed by atoms with Gasteiger partial charge in [0.25, 0.3) is 0 Å². The molecule has 1 fully saturated rings. The minimum Gasteiger partial charge on any atom is -0.327 e. The zero-order chi connectivity index (χ0) is 20.5. The first-order valence-electron chi connectivity index (χ1n) is 9.57. The van der Waals surface area contributed by atoms with Crippen LogP contribution in [0.4, 0.5) is 5.82 Å². The van der Waals surface area contributed by atoms with Crippen molar-refractivity contribution in [2.24, 2.45) is 0 Å². The monoisotopic (exact) mass is 401 g/mol. The third kappa shape index (κ3) is 3.92. The van der Waals surface area contributed by atoms with E-state index in [2.05, 4.69) is 31.5 Å². The van der Waals surface area contributed by atoms with Crippen LogP contribution < -0.4 is 5.32 Å². The molecule has 1 aliphatic carbocycles. The van der Waals surface area contributed by atoms with Crippen molar-refractivity contribution in [1.29, 1.82) is 5.26 Å². The number of nitriles is 1. The van der Waals surface area contributed by atoms with Gasteiger partial charge in [0, 0.05) is 11.7 Å². The molecule has 1 amide bonds. The van der Waals surface area contributed by atoms with Crippen molar-refractivity contribution in [3.05, 3.63) is 16.8 Å². The van der Waals surface area contributed by atoms with Crippen molar-refractivity contribution < 1.29 is 4.79 Å². The van der Waals surface area contributed by atoms with E-state index >= 15 is 0 Å². The van der Waals surface area contributed by atoms with Crippen molar-refractivity contribution in [2.75, 3.05) is 11.1 Å². The molecule has 2 aromatic heterocycles. The summed E-state index contributed by atoms with van der Waals surface area (Å²) >= 11 is 1.29. The molecule has 1 N–H and O–H groups in total. The summed E-state index contributed by atoms with van der Waals surface area (Å²) in [6, 6.07) is 2.62. The summed E-state index contributed by atoms with van der Waals surface area (Å²) in [6.07, 6.45) is 4.53. The lowest BCUT2D eigenvalue weighted by Crippen LogP contribution is -2.25. The van der Waals surface area contributed by atoms with E-state index < -0.39 is 0 Å². The number of hydrogen-bond acceptors (Lipinski definition) is 6. The third-order valence-corrected chi connectivity index (χ3v) is 6.14. The molecular formula is C19H27N7OS. The van der Waals surface area contributed by atoms with Gasteiger partial charge in [0.1, 0.15) is 11.9 Å². The maximum Gasteiger partial charge on any atom is 0.235 e. The van der Waals surface area contributed by atoms with Gasteiger partial charge in [-0.25, -0.2) is 4.68 Å². The smallest absolute Gasteiger partial charge is 0.235 e. The third-order valence-electron chi connectivity index (χ3n) is 5.22. The van der Waals surface area contributed by atoms with Crippen molar-refractivity contribution >= 4 is 23.5 Å². The first-order valence-corrected chi connectivity index (χ1v) is 10.6. The Balaban J connectivity index is 1.78. The molecule has 150 valence electrons. The molecule has 9 heteroatoms. The van der Waals surface area contributed by atoms with Crippen LogP contribution in [0.1, 0.15) is 69.3 Å². The Hall–Kier alpha value is -2.34. The highest BCUT2D eigenvalue weighted by molar-refractivity contribution is 7.99. The summed E-state index contributed by atoms with van der Waals surface area (Å²) < 4.78 is 3.86. The Bertz CT molecular complexity index is 910. The highest BCUT2D eigenvalue weighted by atomic mass is 32.2. The summed E-state index contributed by atoms with van der Waals surface area (Å²) in [5.41, 5.74) is 2.29. The van der Waals surface area contributed by atoms with Crippen LogP contribution in [0, 0.1) is 25.2 Å². The average molecular weight is 402 g/mol. The number of hydrogen-bond donors (Lipinski definition) is 1. The normalized spacial score (nSPS) is 15.0. The first kappa shape index (κ1) is 20.4. The number of tetrazole rings is 1. The molecule has 0 radical (unpaired) electrons. The number of thioether (sulfide) groups is 1. The van der Waals surface area contributed by atoms with Crippen molar-refractivity contribution in [1.82, 2.24) is 24.8 Å². The van der Waals surface area contributed by atoms with E-state index in [-0.39, 0.29) is 17.2 Å². The van der Waals surface area contributed by atoms with Gasteiger partial charge in [0.05, 0.1) is 16.9 Å². The average Bonchev–Trinajstić information content (AvgIpc) is 3.34. The lowest BCUT2D eigenvalue weighted by atomic mass is 10.1. The van der Waals surface area contributed by atoms with E-state index in [9.17, 15) is 10.1 Å². The largest absolute Gasteiger partial charge is 0.327 e. The van der Waals surface area contributed by atoms with Gasteiger partial charge < -0.3 is 9.88 Å². The van der Waals surface area contributed by atoms with Crippen LogP contribution in [-0.4, -0.2) is 36.4 Å². The minimum atomic E-state index is -0.262. The lowest BCUT2D eigenvalue weighted by Gasteiger charge is -2.20. The van der Waals surface area contributed by atoms with E-state index in [0.717, 1.165) is 24.1 Å². The summed E-state index contributed by atoms with van der Waals surface area (Å²) in [4.78, 5) is 12.7. The van der Waals surface area contributed by atoms with Crippen molar-refractivity contribution in [3.63, 3.8) is 0 Å². The Kier molecular flexibility index (Phi) is 5.79. The van der Waals surface area contributed by atoms with E-state index in [0.29, 0.717) is 22.6 Å². The Morgan fingerprint density at radius 3 is 2.61 bits per heavy atom. The highest BCUT2D eigenvalue weighted by Gasteiger charge is 2.27. The maximum atomic E-state index is 12.7. The second-order valence-corrected chi connectivity index (χ2v) is 9.18. The number of amides is 1. The summed E-state index contributed by atoms with van der Waals surface area (Å²) in [5.74, 6) is 0.641. The minimum absolute atomic E-state index is 0.165. The Morgan fingerprint density at radius 2 is 2.00 bits per heavy atom. The molecule has 0 saturated heterocycles. The molecule has 0 unspecified atom stereocenters. The summed E-state index contributed by atoms with van der Waals surface area (Å²) in [6.45, 7) is 9.99. The van der Waals surface area contributed by atoms with Gasteiger partial charge in [0.15, 0.2) is 0 Å². The molecule has 0 aliphatic heterocycles. The van der Waals surface area contributed by atoms with E-state index in [4.69, 9.17) is 0 Å².